The Hall–Kier alpha value is -2.12. The van der Waals surface area contributed by atoms with Crippen molar-refractivity contribution in [3.63, 3.8) is 0 Å². The van der Waals surface area contributed by atoms with Crippen LogP contribution in [0.4, 0.5) is 0 Å². The van der Waals surface area contributed by atoms with Crippen LogP contribution >= 0.6 is 0 Å². The molecule has 21 heavy (non-hydrogen) atoms. The number of carbonyl (C=O) groups excluding carboxylic acids is 3. The Morgan fingerprint density at radius 2 is 1.57 bits per heavy atom. The van der Waals surface area contributed by atoms with Gasteiger partial charge in [-0.25, -0.2) is 14.4 Å². The molecule has 0 saturated carbocycles. The number of esters is 3. The average molecular weight is 303 g/mol. The van der Waals surface area contributed by atoms with E-state index in [0.717, 1.165) is 27.1 Å². The van der Waals surface area contributed by atoms with Crippen LogP contribution in [0.15, 0.2) is 5.16 Å². The highest BCUT2D eigenvalue weighted by Gasteiger charge is 2.34. The highest BCUT2D eigenvalue weighted by molar-refractivity contribution is 6.62. The van der Waals surface area contributed by atoms with E-state index in [4.69, 9.17) is 9.57 Å². The fraction of sp³-hybridized carbons (Fsp3) is 0.692. The first-order valence-corrected chi connectivity index (χ1v) is 6.40. The van der Waals surface area contributed by atoms with Crippen molar-refractivity contribution in [3.8, 4) is 0 Å². The summed E-state index contributed by atoms with van der Waals surface area (Å²) >= 11 is 0. The van der Waals surface area contributed by atoms with E-state index in [1.54, 1.807) is 0 Å². The molecule has 0 aromatic carbocycles. The maximum Gasteiger partial charge on any atom is 0.367 e. The van der Waals surface area contributed by atoms with E-state index in [1.807, 2.05) is 6.92 Å². The van der Waals surface area contributed by atoms with E-state index in [1.165, 1.54) is 13.8 Å². The summed E-state index contributed by atoms with van der Waals surface area (Å²) in [6.07, 6.45) is 1.60. The van der Waals surface area contributed by atoms with Crippen molar-refractivity contribution in [2.24, 2.45) is 5.16 Å². The highest BCUT2D eigenvalue weighted by atomic mass is 16.7. The molecular weight excluding hydrogens is 282 g/mol. The van der Waals surface area contributed by atoms with Crippen LogP contribution in [-0.2, 0) is 33.4 Å². The van der Waals surface area contributed by atoms with Gasteiger partial charge in [-0.2, -0.15) is 0 Å². The molecule has 0 heterocycles. The lowest BCUT2D eigenvalue weighted by atomic mass is 10.1. The van der Waals surface area contributed by atoms with Gasteiger partial charge in [0.2, 0.25) is 5.60 Å². The Labute approximate surface area is 123 Å². The Kier molecular flexibility index (Phi) is 8.03. The number of unbranched alkanes of at least 4 members (excludes halogenated alkanes) is 1. The standard InChI is InChI=1S/C13H21NO7/c1-6-7-8-20-12(17)13(2,3)21-14-9(10(15)18-4)11(16)19-5/h6-8H2,1-5H3. The van der Waals surface area contributed by atoms with Gasteiger partial charge in [-0.15, -0.1) is 0 Å². The van der Waals surface area contributed by atoms with Crippen molar-refractivity contribution in [3.05, 3.63) is 0 Å². The maximum atomic E-state index is 11.8. The van der Waals surface area contributed by atoms with Gasteiger partial charge in [-0.05, 0) is 20.3 Å². The van der Waals surface area contributed by atoms with Crippen LogP contribution in [0.1, 0.15) is 33.6 Å². The molecule has 0 atom stereocenters. The lowest BCUT2D eigenvalue weighted by Gasteiger charge is -2.20. The van der Waals surface area contributed by atoms with Gasteiger partial charge < -0.3 is 19.0 Å². The molecule has 0 aromatic heterocycles. The van der Waals surface area contributed by atoms with Crippen molar-refractivity contribution in [2.45, 2.75) is 39.2 Å². The van der Waals surface area contributed by atoms with Gasteiger partial charge in [0.15, 0.2) is 0 Å². The van der Waals surface area contributed by atoms with Crippen molar-refractivity contribution in [2.75, 3.05) is 20.8 Å². The molecule has 0 saturated heterocycles. The van der Waals surface area contributed by atoms with Crippen LogP contribution in [-0.4, -0.2) is 50.0 Å². The maximum absolute atomic E-state index is 11.8. The molecule has 0 radical (unpaired) electrons. The molecule has 0 aromatic rings. The summed E-state index contributed by atoms with van der Waals surface area (Å²) in [5, 5.41) is 3.35. The topological polar surface area (TPSA) is 100 Å². The molecule has 0 amide bonds. The Morgan fingerprint density at radius 1 is 1.05 bits per heavy atom. The minimum Gasteiger partial charge on any atom is -0.464 e. The third-order valence-electron chi connectivity index (χ3n) is 2.35. The predicted molar refractivity (Wildman–Crippen MR) is 72.5 cm³/mol. The van der Waals surface area contributed by atoms with Crippen LogP contribution < -0.4 is 0 Å². The molecule has 0 unspecified atom stereocenters. The summed E-state index contributed by atoms with van der Waals surface area (Å²) in [6, 6.07) is 0. The zero-order valence-electron chi connectivity index (χ0n) is 12.9. The first-order valence-electron chi connectivity index (χ1n) is 6.40. The summed E-state index contributed by atoms with van der Waals surface area (Å²) in [5.41, 5.74) is -2.16. The summed E-state index contributed by atoms with van der Waals surface area (Å²) in [5.74, 6) is -2.72. The van der Waals surface area contributed by atoms with Crippen molar-refractivity contribution in [1.29, 1.82) is 0 Å². The molecule has 8 heteroatoms. The molecule has 0 N–H and O–H groups in total. The number of oxime groups is 1. The summed E-state index contributed by atoms with van der Waals surface area (Å²) in [4.78, 5) is 39.4. The minimum absolute atomic E-state index is 0.257. The Balaban J connectivity index is 4.87. The molecule has 120 valence electrons. The van der Waals surface area contributed by atoms with E-state index in [2.05, 4.69) is 14.6 Å². The van der Waals surface area contributed by atoms with E-state index in [0.29, 0.717) is 0 Å². The lowest BCUT2D eigenvalue weighted by Crippen LogP contribution is -2.37. The van der Waals surface area contributed by atoms with Crippen molar-refractivity contribution < 1.29 is 33.4 Å². The number of methoxy groups -OCH3 is 2. The monoisotopic (exact) mass is 303 g/mol. The SMILES string of the molecule is CCCCOC(=O)C(C)(C)ON=C(C(=O)OC)C(=O)OC. The van der Waals surface area contributed by atoms with E-state index in [-0.39, 0.29) is 6.61 Å². The average Bonchev–Trinajstić information content (AvgIpc) is 2.46. The quantitative estimate of drug-likeness (QED) is 0.163. The molecule has 0 spiro atoms. The predicted octanol–water partition coefficient (Wildman–Crippen LogP) is 0.827. The van der Waals surface area contributed by atoms with Gasteiger partial charge >= 0.3 is 17.9 Å². The molecule has 0 fully saturated rings. The van der Waals surface area contributed by atoms with Gasteiger partial charge in [0.25, 0.3) is 5.71 Å². The summed E-state index contributed by atoms with van der Waals surface area (Å²) in [7, 11) is 2.15. The van der Waals surface area contributed by atoms with Gasteiger partial charge in [0, 0.05) is 0 Å². The molecular formula is C13H21NO7. The minimum atomic E-state index is -1.46. The highest BCUT2D eigenvalue weighted by Crippen LogP contribution is 2.13. The second kappa shape index (κ2) is 8.93. The third-order valence-corrected chi connectivity index (χ3v) is 2.35. The number of ether oxygens (including phenoxy) is 3. The number of nitrogens with zero attached hydrogens (tertiary/aromatic N) is 1. The second-order valence-corrected chi connectivity index (χ2v) is 4.51. The molecule has 0 aliphatic rings. The molecule has 0 rings (SSSR count). The van der Waals surface area contributed by atoms with E-state index in [9.17, 15) is 14.4 Å². The normalized spacial score (nSPS) is 10.3. The van der Waals surface area contributed by atoms with Crippen molar-refractivity contribution in [1.82, 2.24) is 0 Å². The largest absolute Gasteiger partial charge is 0.464 e. The Bertz CT molecular complexity index is 397. The fourth-order valence-electron chi connectivity index (χ4n) is 1.03. The van der Waals surface area contributed by atoms with Crippen LogP contribution in [0, 0.1) is 0 Å². The molecule has 8 nitrogen and oxygen atoms in total. The van der Waals surface area contributed by atoms with Crippen LogP contribution in [0.2, 0.25) is 0 Å². The molecule has 0 aliphatic carbocycles. The summed E-state index contributed by atoms with van der Waals surface area (Å²) in [6.45, 7) is 5.01. The smallest absolute Gasteiger partial charge is 0.367 e. The summed E-state index contributed by atoms with van der Waals surface area (Å²) < 4.78 is 13.7. The van der Waals surface area contributed by atoms with Crippen LogP contribution in [0.5, 0.6) is 0 Å². The van der Waals surface area contributed by atoms with Crippen LogP contribution in [0.25, 0.3) is 0 Å². The number of hydrogen-bond acceptors (Lipinski definition) is 8. The van der Waals surface area contributed by atoms with Gasteiger partial charge in [-0.1, -0.05) is 18.5 Å². The number of carbonyl (C=O) groups is 3. The fourth-order valence-corrected chi connectivity index (χ4v) is 1.03. The second-order valence-electron chi connectivity index (χ2n) is 4.51. The van der Waals surface area contributed by atoms with Gasteiger partial charge in [0.1, 0.15) is 0 Å². The third kappa shape index (κ3) is 6.24. The van der Waals surface area contributed by atoms with Gasteiger partial charge in [-0.3, -0.25) is 0 Å². The zero-order valence-corrected chi connectivity index (χ0v) is 12.9. The molecule has 0 bridgehead atoms. The molecule has 0 aliphatic heterocycles. The van der Waals surface area contributed by atoms with Gasteiger partial charge in [0.05, 0.1) is 20.8 Å². The van der Waals surface area contributed by atoms with E-state index >= 15 is 0 Å². The Morgan fingerprint density at radius 3 is 2.00 bits per heavy atom. The first-order chi connectivity index (χ1) is 9.80. The number of hydrogen-bond donors (Lipinski definition) is 0. The van der Waals surface area contributed by atoms with E-state index < -0.39 is 29.2 Å². The lowest BCUT2D eigenvalue weighted by molar-refractivity contribution is -0.168. The van der Waals surface area contributed by atoms with Crippen LogP contribution in [0.3, 0.4) is 0 Å². The first kappa shape index (κ1) is 18.9. The zero-order chi connectivity index (χ0) is 16.5. The van der Waals surface area contributed by atoms with Crippen molar-refractivity contribution >= 4 is 23.6 Å². The number of rotatable bonds is 8.